The minimum absolute atomic E-state index is 0. The smallest absolute Gasteiger partial charge is 0.267 e. The highest BCUT2D eigenvalue weighted by Gasteiger charge is 2.37. The van der Waals surface area contributed by atoms with Gasteiger partial charge in [-0.05, 0) is 75.3 Å². The van der Waals surface area contributed by atoms with Crippen LogP contribution >= 0.6 is 24.0 Å². The SMILES string of the molecule is Cc1n[nH]c(C)c1CCn1cc(-c2ccc(=O)n(C3CCC(CN)(c4cccc(Cl)c4)CC3)n2)nn1.Cl. The summed E-state index contributed by atoms with van der Waals surface area (Å²) in [6, 6.07) is 11.3. The predicted molar refractivity (Wildman–Crippen MR) is 146 cm³/mol. The number of nitrogens with zero attached hydrogens (tertiary/aromatic N) is 6. The van der Waals surface area contributed by atoms with Crippen LogP contribution in [0.3, 0.4) is 0 Å². The van der Waals surface area contributed by atoms with Gasteiger partial charge < -0.3 is 5.73 Å². The second kappa shape index (κ2) is 11.2. The summed E-state index contributed by atoms with van der Waals surface area (Å²) in [4.78, 5) is 12.8. The largest absolute Gasteiger partial charge is 0.330 e. The molecule has 0 saturated heterocycles. The number of nitrogens with one attached hydrogen (secondary N) is 1. The third-order valence-electron chi connectivity index (χ3n) is 7.58. The van der Waals surface area contributed by atoms with E-state index in [2.05, 4.69) is 26.6 Å². The number of hydrogen-bond acceptors (Lipinski definition) is 6. The third-order valence-corrected chi connectivity index (χ3v) is 7.82. The molecule has 37 heavy (non-hydrogen) atoms. The van der Waals surface area contributed by atoms with Crippen molar-refractivity contribution in [2.24, 2.45) is 5.73 Å². The van der Waals surface area contributed by atoms with E-state index in [0.29, 0.717) is 24.5 Å². The van der Waals surface area contributed by atoms with Crippen molar-refractivity contribution in [3.63, 3.8) is 0 Å². The molecule has 1 fully saturated rings. The molecule has 1 aromatic carbocycles. The molecule has 5 rings (SSSR count). The zero-order chi connectivity index (χ0) is 25.3. The van der Waals surface area contributed by atoms with Crippen LogP contribution in [-0.2, 0) is 18.4 Å². The van der Waals surface area contributed by atoms with E-state index in [1.165, 1.54) is 11.1 Å². The highest BCUT2D eigenvalue weighted by Crippen LogP contribution is 2.42. The Morgan fingerprint density at radius 3 is 2.62 bits per heavy atom. The van der Waals surface area contributed by atoms with Gasteiger partial charge >= 0.3 is 0 Å². The van der Waals surface area contributed by atoms with Gasteiger partial charge in [-0.1, -0.05) is 28.9 Å². The van der Waals surface area contributed by atoms with Crippen molar-refractivity contribution in [1.29, 1.82) is 0 Å². The number of rotatable bonds is 7. The molecule has 9 nitrogen and oxygen atoms in total. The molecule has 0 aliphatic heterocycles. The predicted octanol–water partition coefficient (Wildman–Crippen LogP) is 4.17. The number of aromatic nitrogens is 7. The van der Waals surface area contributed by atoms with Crippen molar-refractivity contribution in [3.05, 3.63) is 80.5 Å². The van der Waals surface area contributed by atoms with Crippen molar-refractivity contribution in [2.45, 2.75) is 64.0 Å². The standard InChI is InChI=1S/C26H31ClN8O.ClH/c1-17-22(18(2)30-29-17)10-13-34-15-24(31-33-34)23-6-7-25(36)35(32-23)21-8-11-26(16-28,12-9-21)19-4-3-5-20(27)14-19;/h3-7,14-15,21H,8-13,16,28H2,1-2H3,(H,29,30);1H. The van der Waals surface area contributed by atoms with E-state index in [1.54, 1.807) is 21.5 Å². The van der Waals surface area contributed by atoms with E-state index in [1.807, 2.05) is 38.2 Å². The molecule has 3 heterocycles. The Kier molecular flexibility index (Phi) is 8.16. The summed E-state index contributed by atoms with van der Waals surface area (Å²) in [7, 11) is 0. The fourth-order valence-corrected chi connectivity index (χ4v) is 5.54. The van der Waals surface area contributed by atoms with E-state index in [0.717, 1.165) is 48.5 Å². The Morgan fingerprint density at radius 1 is 1.16 bits per heavy atom. The average Bonchev–Trinajstić information content (AvgIpc) is 3.49. The van der Waals surface area contributed by atoms with Gasteiger partial charge in [0.15, 0.2) is 0 Å². The van der Waals surface area contributed by atoms with Gasteiger partial charge in [-0.3, -0.25) is 14.6 Å². The molecule has 1 aliphatic carbocycles. The van der Waals surface area contributed by atoms with Crippen molar-refractivity contribution < 1.29 is 0 Å². The lowest BCUT2D eigenvalue weighted by molar-refractivity contribution is 0.222. The first-order valence-electron chi connectivity index (χ1n) is 12.4. The molecule has 0 amide bonds. The maximum absolute atomic E-state index is 12.8. The molecule has 1 saturated carbocycles. The summed E-state index contributed by atoms with van der Waals surface area (Å²) in [6.07, 6.45) is 6.06. The Balaban J connectivity index is 0.00000320. The number of nitrogens with two attached hydrogens (primary N) is 1. The number of benzene rings is 1. The zero-order valence-corrected chi connectivity index (χ0v) is 22.6. The summed E-state index contributed by atoms with van der Waals surface area (Å²) in [6.45, 7) is 5.24. The minimum Gasteiger partial charge on any atom is -0.330 e. The molecule has 0 bridgehead atoms. The summed E-state index contributed by atoms with van der Waals surface area (Å²) >= 11 is 6.25. The molecule has 11 heteroatoms. The monoisotopic (exact) mass is 542 g/mol. The molecule has 196 valence electrons. The van der Waals surface area contributed by atoms with Crippen LogP contribution in [0, 0.1) is 13.8 Å². The maximum Gasteiger partial charge on any atom is 0.267 e. The van der Waals surface area contributed by atoms with E-state index in [4.69, 9.17) is 22.4 Å². The van der Waals surface area contributed by atoms with E-state index in [9.17, 15) is 4.79 Å². The number of halogens is 2. The molecule has 0 unspecified atom stereocenters. The van der Waals surface area contributed by atoms with Gasteiger partial charge in [0.05, 0.1) is 17.9 Å². The molecule has 3 aromatic heterocycles. The summed E-state index contributed by atoms with van der Waals surface area (Å²) in [5.41, 5.74) is 11.8. The van der Waals surface area contributed by atoms with Gasteiger partial charge in [-0.25, -0.2) is 4.68 Å². The second-order valence-electron chi connectivity index (χ2n) is 9.76. The van der Waals surface area contributed by atoms with Crippen LogP contribution in [-0.4, -0.2) is 41.5 Å². The van der Waals surface area contributed by atoms with Gasteiger partial charge in [-0.2, -0.15) is 10.2 Å². The number of hydrogen-bond donors (Lipinski definition) is 2. The topological polar surface area (TPSA) is 120 Å². The summed E-state index contributed by atoms with van der Waals surface area (Å²) in [5, 5.41) is 21.3. The minimum atomic E-state index is -0.128. The fraction of sp³-hybridized carbons (Fsp3) is 0.423. The van der Waals surface area contributed by atoms with Crippen LogP contribution in [0.4, 0.5) is 0 Å². The number of aromatic amines is 1. The molecule has 3 N–H and O–H groups in total. The average molecular weight is 544 g/mol. The Bertz CT molecular complexity index is 1400. The zero-order valence-electron chi connectivity index (χ0n) is 21.0. The lowest BCUT2D eigenvalue weighted by atomic mass is 9.68. The normalized spacial score (nSPS) is 19.5. The highest BCUT2D eigenvalue weighted by atomic mass is 35.5. The quantitative estimate of drug-likeness (QED) is 0.361. The third kappa shape index (κ3) is 5.49. The Morgan fingerprint density at radius 2 is 1.95 bits per heavy atom. The van der Waals surface area contributed by atoms with E-state index in [-0.39, 0.29) is 29.4 Å². The second-order valence-corrected chi connectivity index (χ2v) is 10.2. The van der Waals surface area contributed by atoms with Gasteiger partial charge in [-0.15, -0.1) is 17.5 Å². The van der Waals surface area contributed by atoms with Crippen LogP contribution in [0.15, 0.2) is 47.4 Å². The summed E-state index contributed by atoms with van der Waals surface area (Å²) < 4.78 is 3.42. The molecular formula is C26H32Cl2N8O. The Hall–Kier alpha value is -3.01. The van der Waals surface area contributed by atoms with Crippen molar-refractivity contribution in [3.8, 4) is 11.4 Å². The van der Waals surface area contributed by atoms with Gasteiger partial charge in [0.1, 0.15) is 11.4 Å². The fourth-order valence-electron chi connectivity index (χ4n) is 5.35. The van der Waals surface area contributed by atoms with Crippen LogP contribution in [0.1, 0.15) is 54.2 Å². The van der Waals surface area contributed by atoms with Crippen LogP contribution in [0.5, 0.6) is 0 Å². The highest BCUT2D eigenvalue weighted by molar-refractivity contribution is 6.30. The first-order chi connectivity index (χ1) is 17.4. The van der Waals surface area contributed by atoms with Crippen molar-refractivity contribution in [2.75, 3.05) is 6.54 Å². The summed E-state index contributed by atoms with van der Waals surface area (Å²) in [5.74, 6) is 0. The number of aryl methyl sites for hydroxylation is 3. The molecule has 0 radical (unpaired) electrons. The van der Waals surface area contributed by atoms with Gasteiger partial charge in [0, 0.05) is 35.3 Å². The van der Waals surface area contributed by atoms with Crippen molar-refractivity contribution in [1.82, 2.24) is 35.0 Å². The van der Waals surface area contributed by atoms with Crippen molar-refractivity contribution >= 4 is 24.0 Å². The van der Waals surface area contributed by atoms with Crippen LogP contribution in [0.25, 0.3) is 11.4 Å². The first kappa shape index (κ1) is 27.0. The first-order valence-corrected chi connectivity index (χ1v) is 12.7. The molecule has 0 spiro atoms. The van der Waals surface area contributed by atoms with Gasteiger partial charge in [0.2, 0.25) is 0 Å². The Labute approximate surface area is 226 Å². The lowest BCUT2D eigenvalue weighted by Crippen LogP contribution is -2.41. The molecule has 1 aliphatic rings. The van der Waals surface area contributed by atoms with E-state index < -0.39 is 0 Å². The molecular weight excluding hydrogens is 511 g/mol. The molecule has 0 atom stereocenters. The lowest BCUT2D eigenvalue weighted by Gasteiger charge is -2.40. The number of H-pyrrole nitrogens is 1. The van der Waals surface area contributed by atoms with Crippen LogP contribution in [0.2, 0.25) is 5.02 Å². The molecule has 4 aromatic rings. The van der Waals surface area contributed by atoms with Gasteiger partial charge in [0.25, 0.3) is 5.56 Å². The van der Waals surface area contributed by atoms with E-state index >= 15 is 0 Å². The maximum atomic E-state index is 12.8. The van der Waals surface area contributed by atoms with Crippen LogP contribution < -0.4 is 11.3 Å².